The topological polar surface area (TPSA) is 68.5 Å². The molecule has 6 heteroatoms. The minimum Gasteiger partial charge on any atom is -0.492 e. The van der Waals surface area contributed by atoms with Crippen LogP contribution in [0.1, 0.15) is 44.3 Å². The zero-order valence-electron chi connectivity index (χ0n) is 13.5. The first-order valence-corrected chi connectivity index (χ1v) is 8.07. The third-order valence-corrected chi connectivity index (χ3v) is 3.89. The summed E-state index contributed by atoms with van der Waals surface area (Å²) in [6.07, 6.45) is 2.14. The number of anilines is 1. The van der Waals surface area contributed by atoms with Gasteiger partial charge in [0.15, 0.2) is 5.82 Å². The molecule has 0 spiro atoms. The number of hydrogen-bond donors (Lipinski definition) is 0. The van der Waals surface area contributed by atoms with Crippen molar-refractivity contribution < 1.29 is 14.1 Å². The van der Waals surface area contributed by atoms with Gasteiger partial charge in [-0.15, -0.1) is 0 Å². The van der Waals surface area contributed by atoms with Crippen LogP contribution in [-0.2, 0) is 11.2 Å². The number of rotatable bonds is 6. The summed E-state index contributed by atoms with van der Waals surface area (Å²) in [5, 5.41) is 3.98. The number of carbonyl (C=O) groups excluding carboxylic acids is 1. The Morgan fingerprint density at radius 2 is 2.17 bits per heavy atom. The van der Waals surface area contributed by atoms with Crippen molar-refractivity contribution in [2.24, 2.45) is 0 Å². The van der Waals surface area contributed by atoms with E-state index < -0.39 is 0 Å². The van der Waals surface area contributed by atoms with Gasteiger partial charge in [0, 0.05) is 19.4 Å². The fourth-order valence-electron chi connectivity index (χ4n) is 2.82. The minimum atomic E-state index is -0.0599. The fraction of sp³-hybridized carbons (Fsp3) is 0.471. The minimum absolute atomic E-state index is 0.0531. The maximum atomic E-state index is 12.4. The molecule has 0 radical (unpaired) electrons. The van der Waals surface area contributed by atoms with Gasteiger partial charge in [-0.1, -0.05) is 24.2 Å². The Hall–Kier alpha value is -2.37. The Balaban J connectivity index is 1.79. The Kier molecular flexibility index (Phi) is 4.60. The molecule has 0 aliphatic carbocycles. The van der Waals surface area contributed by atoms with Gasteiger partial charge in [0.1, 0.15) is 5.75 Å². The molecular formula is C17H21N3O3. The van der Waals surface area contributed by atoms with Crippen LogP contribution in [0.15, 0.2) is 28.8 Å². The van der Waals surface area contributed by atoms with E-state index in [1.54, 1.807) is 4.90 Å². The highest BCUT2D eigenvalue weighted by atomic mass is 16.5. The summed E-state index contributed by atoms with van der Waals surface area (Å²) in [4.78, 5) is 18.6. The lowest BCUT2D eigenvalue weighted by molar-refractivity contribution is -0.117. The molecule has 6 nitrogen and oxygen atoms in total. The maximum absolute atomic E-state index is 12.4. The second-order valence-corrected chi connectivity index (χ2v) is 5.60. The van der Waals surface area contributed by atoms with Crippen LogP contribution >= 0.6 is 0 Å². The summed E-state index contributed by atoms with van der Waals surface area (Å²) in [5.41, 5.74) is 0.801. The third-order valence-electron chi connectivity index (χ3n) is 3.89. The van der Waals surface area contributed by atoms with E-state index in [-0.39, 0.29) is 11.8 Å². The van der Waals surface area contributed by atoms with Crippen molar-refractivity contribution in [3.05, 3.63) is 36.0 Å². The van der Waals surface area contributed by atoms with E-state index in [9.17, 15) is 4.79 Å². The number of aryl methyl sites for hydroxylation is 1. The molecule has 1 aliphatic heterocycles. The van der Waals surface area contributed by atoms with Gasteiger partial charge < -0.3 is 14.2 Å². The zero-order valence-corrected chi connectivity index (χ0v) is 13.5. The summed E-state index contributed by atoms with van der Waals surface area (Å²) in [5.74, 6) is 1.98. The Bertz CT molecular complexity index is 683. The van der Waals surface area contributed by atoms with Crippen LogP contribution in [0.4, 0.5) is 5.69 Å². The van der Waals surface area contributed by atoms with Crippen LogP contribution in [0, 0.1) is 0 Å². The summed E-state index contributed by atoms with van der Waals surface area (Å²) in [6, 6.07) is 7.60. The number of aromatic nitrogens is 2. The predicted molar refractivity (Wildman–Crippen MR) is 85.6 cm³/mol. The zero-order chi connectivity index (χ0) is 16.2. The summed E-state index contributed by atoms with van der Waals surface area (Å²) < 4.78 is 11.0. The molecule has 0 N–H and O–H groups in total. The highest BCUT2D eigenvalue weighted by Crippen LogP contribution is 2.36. The van der Waals surface area contributed by atoms with E-state index in [1.165, 1.54) is 0 Å². The van der Waals surface area contributed by atoms with E-state index in [0.717, 1.165) is 24.3 Å². The Morgan fingerprint density at radius 1 is 1.35 bits per heavy atom. The molecule has 0 saturated carbocycles. The predicted octanol–water partition coefficient (Wildman–Crippen LogP) is 2.94. The van der Waals surface area contributed by atoms with Crippen molar-refractivity contribution >= 4 is 11.6 Å². The highest BCUT2D eigenvalue weighted by molar-refractivity contribution is 5.97. The van der Waals surface area contributed by atoms with Gasteiger partial charge in [-0.25, -0.2) is 0 Å². The third kappa shape index (κ3) is 3.21. The first-order valence-electron chi connectivity index (χ1n) is 8.07. The standard InChI is InChI=1S/C17H21N3O3/c1-3-7-15-18-17(23-19-15)12-10-16(21)20(11-12)13-8-5-6-9-14(13)22-4-2/h5-6,8-9,12H,3-4,7,10-11H2,1-2H3. The van der Waals surface area contributed by atoms with E-state index in [0.29, 0.717) is 31.3 Å². The van der Waals surface area contributed by atoms with Gasteiger partial charge in [0.2, 0.25) is 11.8 Å². The average molecular weight is 315 g/mol. The van der Waals surface area contributed by atoms with E-state index in [4.69, 9.17) is 9.26 Å². The Morgan fingerprint density at radius 3 is 2.96 bits per heavy atom. The molecule has 1 fully saturated rings. The molecule has 2 heterocycles. The first kappa shape index (κ1) is 15.5. The van der Waals surface area contributed by atoms with Crippen molar-refractivity contribution in [3.8, 4) is 5.75 Å². The molecular weight excluding hydrogens is 294 g/mol. The molecule has 3 rings (SSSR count). The number of hydrogen-bond acceptors (Lipinski definition) is 5. The van der Waals surface area contributed by atoms with Crippen LogP contribution in [0.5, 0.6) is 5.75 Å². The molecule has 2 aromatic rings. The molecule has 1 aromatic heterocycles. The van der Waals surface area contributed by atoms with Gasteiger partial charge >= 0.3 is 0 Å². The van der Waals surface area contributed by atoms with Crippen LogP contribution in [0.2, 0.25) is 0 Å². The number of benzene rings is 1. The highest BCUT2D eigenvalue weighted by Gasteiger charge is 2.36. The van der Waals surface area contributed by atoms with Crippen molar-refractivity contribution in [2.75, 3.05) is 18.1 Å². The molecule has 0 bridgehead atoms. The lowest BCUT2D eigenvalue weighted by Crippen LogP contribution is -2.25. The van der Waals surface area contributed by atoms with E-state index in [1.807, 2.05) is 31.2 Å². The SMILES string of the molecule is CCCc1noc(C2CC(=O)N(c3ccccc3OCC)C2)n1. The number of para-hydroxylation sites is 2. The first-order chi connectivity index (χ1) is 11.2. The van der Waals surface area contributed by atoms with Crippen LogP contribution in [-0.4, -0.2) is 29.2 Å². The van der Waals surface area contributed by atoms with Crippen LogP contribution in [0.25, 0.3) is 0 Å². The lowest BCUT2D eigenvalue weighted by Gasteiger charge is -2.19. The number of carbonyl (C=O) groups is 1. The quantitative estimate of drug-likeness (QED) is 0.820. The van der Waals surface area contributed by atoms with E-state index >= 15 is 0 Å². The van der Waals surface area contributed by atoms with Crippen molar-refractivity contribution in [3.63, 3.8) is 0 Å². The summed E-state index contributed by atoms with van der Waals surface area (Å²) >= 11 is 0. The Labute approximate surface area is 135 Å². The molecule has 1 aromatic carbocycles. The van der Waals surface area contributed by atoms with Crippen molar-refractivity contribution in [1.29, 1.82) is 0 Å². The van der Waals surface area contributed by atoms with Crippen molar-refractivity contribution in [2.45, 2.75) is 39.0 Å². The maximum Gasteiger partial charge on any atom is 0.232 e. The van der Waals surface area contributed by atoms with Gasteiger partial charge in [0.05, 0.1) is 18.2 Å². The molecule has 1 unspecified atom stereocenters. The number of nitrogens with zero attached hydrogens (tertiary/aromatic N) is 3. The second kappa shape index (κ2) is 6.81. The molecule has 1 atom stereocenters. The lowest BCUT2D eigenvalue weighted by atomic mass is 10.1. The van der Waals surface area contributed by atoms with Gasteiger partial charge in [-0.2, -0.15) is 4.98 Å². The van der Waals surface area contributed by atoms with E-state index in [2.05, 4.69) is 17.1 Å². The smallest absolute Gasteiger partial charge is 0.232 e. The van der Waals surface area contributed by atoms with Gasteiger partial charge in [0.25, 0.3) is 0 Å². The van der Waals surface area contributed by atoms with Crippen molar-refractivity contribution in [1.82, 2.24) is 10.1 Å². The fourth-order valence-corrected chi connectivity index (χ4v) is 2.82. The summed E-state index contributed by atoms with van der Waals surface area (Å²) in [6.45, 7) is 5.10. The molecule has 1 saturated heterocycles. The molecule has 122 valence electrons. The molecule has 23 heavy (non-hydrogen) atoms. The molecule has 1 aliphatic rings. The van der Waals surface area contributed by atoms with Gasteiger partial charge in [-0.3, -0.25) is 4.79 Å². The number of ether oxygens (including phenoxy) is 1. The monoisotopic (exact) mass is 315 g/mol. The average Bonchev–Trinajstić information content (AvgIpc) is 3.15. The van der Waals surface area contributed by atoms with Crippen LogP contribution < -0.4 is 9.64 Å². The normalized spacial score (nSPS) is 17.7. The van der Waals surface area contributed by atoms with Crippen LogP contribution in [0.3, 0.4) is 0 Å². The molecule has 1 amide bonds. The van der Waals surface area contributed by atoms with Gasteiger partial charge in [-0.05, 0) is 25.5 Å². The largest absolute Gasteiger partial charge is 0.492 e. The number of amides is 1. The second-order valence-electron chi connectivity index (χ2n) is 5.60. The summed E-state index contributed by atoms with van der Waals surface area (Å²) in [7, 11) is 0.